The molecular formula is C16H9F3N2O5. The third-order valence-electron chi connectivity index (χ3n) is 3.49. The van der Waals surface area contributed by atoms with E-state index in [0.29, 0.717) is 0 Å². The first-order valence-electron chi connectivity index (χ1n) is 7.04. The molecule has 0 aliphatic rings. The molecule has 7 nitrogen and oxygen atoms in total. The maximum atomic E-state index is 12.5. The number of aromatic amines is 1. The van der Waals surface area contributed by atoms with E-state index in [4.69, 9.17) is 5.11 Å². The fourth-order valence-electron chi connectivity index (χ4n) is 2.36. The molecule has 3 aromatic rings. The van der Waals surface area contributed by atoms with Crippen LogP contribution in [0.2, 0.25) is 0 Å². The number of nitrogens with zero attached hydrogens (tertiary/aromatic N) is 1. The zero-order chi connectivity index (χ0) is 19.1. The molecule has 0 saturated carbocycles. The van der Waals surface area contributed by atoms with Crippen molar-refractivity contribution in [2.24, 2.45) is 0 Å². The van der Waals surface area contributed by atoms with Gasteiger partial charge in [-0.1, -0.05) is 0 Å². The van der Waals surface area contributed by atoms with Crippen molar-refractivity contribution in [1.82, 2.24) is 9.78 Å². The van der Waals surface area contributed by atoms with Gasteiger partial charge in [0, 0.05) is 0 Å². The second-order valence-corrected chi connectivity index (χ2v) is 5.19. The van der Waals surface area contributed by atoms with Gasteiger partial charge in [-0.05, 0) is 42.5 Å². The summed E-state index contributed by atoms with van der Waals surface area (Å²) in [5, 5.41) is 11.1. The van der Waals surface area contributed by atoms with Gasteiger partial charge in [0.2, 0.25) is 0 Å². The summed E-state index contributed by atoms with van der Waals surface area (Å²) < 4.78 is 41.1. The van der Waals surface area contributed by atoms with Gasteiger partial charge in [-0.15, -0.1) is 13.2 Å². The Kier molecular flexibility index (Phi) is 4.03. The lowest BCUT2D eigenvalue weighted by Gasteiger charge is -2.10. The van der Waals surface area contributed by atoms with Crippen molar-refractivity contribution in [3.05, 3.63) is 68.7 Å². The number of carboxylic acids is 1. The molecule has 0 aliphatic heterocycles. The highest BCUT2D eigenvalue weighted by atomic mass is 19.4. The van der Waals surface area contributed by atoms with Crippen molar-refractivity contribution in [3.63, 3.8) is 0 Å². The van der Waals surface area contributed by atoms with Crippen LogP contribution < -0.4 is 15.9 Å². The van der Waals surface area contributed by atoms with Crippen LogP contribution >= 0.6 is 0 Å². The van der Waals surface area contributed by atoms with Gasteiger partial charge in [0.25, 0.3) is 11.1 Å². The summed E-state index contributed by atoms with van der Waals surface area (Å²) in [6, 6.07) is 7.76. The third kappa shape index (κ3) is 3.29. The Morgan fingerprint density at radius 3 is 2.27 bits per heavy atom. The van der Waals surface area contributed by atoms with Gasteiger partial charge in [0.15, 0.2) is 0 Å². The zero-order valence-electron chi connectivity index (χ0n) is 12.7. The van der Waals surface area contributed by atoms with E-state index in [1.165, 1.54) is 12.1 Å². The Labute approximate surface area is 141 Å². The quantitative estimate of drug-likeness (QED) is 0.741. The van der Waals surface area contributed by atoms with E-state index < -0.39 is 29.2 Å². The lowest BCUT2D eigenvalue weighted by molar-refractivity contribution is -0.274. The lowest BCUT2D eigenvalue weighted by Crippen LogP contribution is -2.28. The van der Waals surface area contributed by atoms with Gasteiger partial charge in [-0.3, -0.25) is 14.7 Å². The zero-order valence-corrected chi connectivity index (χ0v) is 12.7. The summed E-state index contributed by atoms with van der Waals surface area (Å²) in [6.07, 6.45) is -4.85. The van der Waals surface area contributed by atoms with Crippen LogP contribution in [0.5, 0.6) is 5.75 Å². The molecule has 0 bridgehead atoms. The summed E-state index contributed by atoms with van der Waals surface area (Å²) in [5.74, 6) is -1.74. The smallest absolute Gasteiger partial charge is 0.478 e. The summed E-state index contributed by atoms with van der Waals surface area (Å²) in [4.78, 5) is 35.7. The Balaban J connectivity index is 2.10. The number of fused-ring (bicyclic) bond motifs is 1. The van der Waals surface area contributed by atoms with Crippen molar-refractivity contribution in [3.8, 4) is 11.4 Å². The van der Waals surface area contributed by atoms with Gasteiger partial charge in [0.05, 0.1) is 22.0 Å². The molecule has 0 spiro atoms. The van der Waals surface area contributed by atoms with E-state index in [9.17, 15) is 27.6 Å². The SMILES string of the molecule is O=C(O)c1ccc2c(=O)n(-c3ccc(OC(F)(F)F)cc3)[nH]c(=O)c2c1. The van der Waals surface area contributed by atoms with Crippen LogP contribution in [0.15, 0.2) is 52.1 Å². The monoisotopic (exact) mass is 366 g/mol. The number of hydrogen-bond donors (Lipinski definition) is 2. The maximum Gasteiger partial charge on any atom is 0.573 e. The van der Waals surface area contributed by atoms with Crippen molar-refractivity contribution < 1.29 is 27.8 Å². The summed E-state index contributed by atoms with van der Waals surface area (Å²) in [6.45, 7) is 0. The largest absolute Gasteiger partial charge is 0.573 e. The molecule has 0 saturated heterocycles. The molecule has 2 N–H and O–H groups in total. The molecule has 2 aromatic carbocycles. The predicted octanol–water partition coefficient (Wildman–Crippen LogP) is 2.28. The number of halogens is 3. The Morgan fingerprint density at radius 1 is 1.04 bits per heavy atom. The minimum Gasteiger partial charge on any atom is -0.478 e. The fourth-order valence-corrected chi connectivity index (χ4v) is 2.36. The second kappa shape index (κ2) is 6.06. The number of nitrogens with one attached hydrogen (secondary N) is 1. The molecule has 10 heteroatoms. The molecule has 0 aliphatic carbocycles. The van der Waals surface area contributed by atoms with Crippen LogP contribution in [0.4, 0.5) is 13.2 Å². The van der Waals surface area contributed by atoms with E-state index in [1.54, 1.807) is 0 Å². The summed E-state index contributed by atoms with van der Waals surface area (Å²) >= 11 is 0. The van der Waals surface area contributed by atoms with E-state index in [0.717, 1.165) is 35.0 Å². The molecule has 26 heavy (non-hydrogen) atoms. The van der Waals surface area contributed by atoms with Crippen molar-refractivity contribution in [2.75, 3.05) is 0 Å². The maximum absolute atomic E-state index is 12.5. The molecule has 134 valence electrons. The van der Waals surface area contributed by atoms with Gasteiger partial charge in [0.1, 0.15) is 5.75 Å². The lowest BCUT2D eigenvalue weighted by atomic mass is 10.1. The molecule has 0 unspecified atom stereocenters. The molecule has 1 aromatic heterocycles. The number of H-pyrrole nitrogens is 1. The van der Waals surface area contributed by atoms with Crippen molar-refractivity contribution in [1.29, 1.82) is 0 Å². The van der Waals surface area contributed by atoms with E-state index in [1.807, 2.05) is 0 Å². The van der Waals surface area contributed by atoms with Gasteiger partial charge < -0.3 is 9.84 Å². The first kappa shape index (κ1) is 17.3. The molecule has 0 atom stereocenters. The highest BCUT2D eigenvalue weighted by Crippen LogP contribution is 2.23. The van der Waals surface area contributed by atoms with Gasteiger partial charge >= 0.3 is 12.3 Å². The number of benzene rings is 2. The number of hydrogen-bond acceptors (Lipinski definition) is 4. The average molecular weight is 366 g/mol. The Hall–Kier alpha value is -3.56. The van der Waals surface area contributed by atoms with E-state index in [-0.39, 0.29) is 22.0 Å². The first-order chi connectivity index (χ1) is 12.2. The topological polar surface area (TPSA) is 101 Å². The van der Waals surface area contributed by atoms with Gasteiger partial charge in [-0.25, -0.2) is 9.48 Å². The van der Waals surface area contributed by atoms with Crippen LogP contribution in [0.3, 0.4) is 0 Å². The predicted molar refractivity (Wildman–Crippen MR) is 83.8 cm³/mol. The normalized spacial score (nSPS) is 11.5. The molecule has 0 amide bonds. The number of rotatable bonds is 3. The van der Waals surface area contributed by atoms with Crippen molar-refractivity contribution >= 4 is 16.7 Å². The molecule has 0 fully saturated rings. The minimum atomic E-state index is -4.85. The number of aromatic carboxylic acids is 1. The molecular weight excluding hydrogens is 357 g/mol. The number of aromatic nitrogens is 2. The highest BCUT2D eigenvalue weighted by molar-refractivity contribution is 5.93. The standard InChI is InChI=1S/C16H9F3N2O5/c17-16(18,19)26-10-4-2-9(3-5-10)21-14(23)11-6-1-8(15(24)25)7-12(11)13(22)20-21/h1-7H,(H,20,22)(H,24,25). The van der Waals surface area contributed by atoms with Crippen LogP contribution in [0.25, 0.3) is 16.5 Å². The van der Waals surface area contributed by atoms with Crippen molar-refractivity contribution in [2.45, 2.75) is 6.36 Å². The first-order valence-corrected chi connectivity index (χ1v) is 7.04. The van der Waals surface area contributed by atoms with E-state index in [2.05, 4.69) is 9.84 Å². The number of alkyl halides is 3. The number of carbonyl (C=O) groups is 1. The highest BCUT2D eigenvalue weighted by Gasteiger charge is 2.31. The molecule has 0 radical (unpaired) electrons. The van der Waals surface area contributed by atoms with Crippen LogP contribution in [0.1, 0.15) is 10.4 Å². The van der Waals surface area contributed by atoms with Crippen LogP contribution in [0, 0.1) is 0 Å². The average Bonchev–Trinajstić information content (AvgIpc) is 2.57. The summed E-state index contributed by atoms with van der Waals surface area (Å²) in [7, 11) is 0. The van der Waals surface area contributed by atoms with Gasteiger partial charge in [-0.2, -0.15) is 0 Å². The summed E-state index contributed by atoms with van der Waals surface area (Å²) in [5.41, 5.74) is -1.45. The second-order valence-electron chi connectivity index (χ2n) is 5.19. The van der Waals surface area contributed by atoms with Crippen LogP contribution in [-0.4, -0.2) is 27.2 Å². The fraction of sp³-hybridized carbons (Fsp3) is 0.0625. The Morgan fingerprint density at radius 2 is 1.69 bits per heavy atom. The van der Waals surface area contributed by atoms with E-state index >= 15 is 0 Å². The number of ether oxygens (including phenoxy) is 1. The van der Waals surface area contributed by atoms with Crippen LogP contribution in [-0.2, 0) is 0 Å². The molecule has 3 rings (SSSR count). The Bertz CT molecular complexity index is 1110. The molecule has 1 heterocycles. The minimum absolute atomic E-state index is 0.0330. The third-order valence-corrected chi connectivity index (χ3v) is 3.49. The number of carboxylic acid groups (broad SMARTS) is 1.